The first-order valence-electron chi connectivity index (χ1n) is 10.3. The Balaban J connectivity index is 0.00000784. The van der Waals surface area contributed by atoms with Gasteiger partial charge in [-0.25, -0.2) is 4.79 Å². The van der Waals surface area contributed by atoms with E-state index in [1.54, 1.807) is 4.90 Å². The van der Waals surface area contributed by atoms with Crippen molar-refractivity contribution in [1.82, 2.24) is 20.9 Å². The van der Waals surface area contributed by atoms with Crippen molar-refractivity contribution < 1.29 is 14.3 Å². The number of likely N-dealkylation sites (tertiary alicyclic amines) is 1. The summed E-state index contributed by atoms with van der Waals surface area (Å²) in [4.78, 5) is 30.5. The summed E-state index contributed by atoms with van der Waals surface area (Å²) >= 11 is 0. The zero-order chi connectivity index (χ0) is 21.4. The highest BCUT2D eigenvalue weighted by Crippen LogP contribution is 2.18. The summed E-state index contributed by atoms with van der Waals surface area (Å²) in [5.74, 6) is 0.880. The molecule has 0 aliphatic carbocycles. The van der Waals surface area contributed by atoms with Crippen LogP contribution in [0.4, 0.5) is 4.79 Å². The molecule has 1 atom stereocenters. The van der Waals surface area contributed by atoms with E-state index in [0.29, 0.717) is 25.5 Å². The summed E-state index contributed by atoms with van der Waals surface area (Å²) in [5.41, 5.74) is -1.01. The van der Waals surface area contributed by atoms with Gasteiger partial charge in [0.05, 0.1) is 12.1 Å². The minimum Gasteiger partial charge on any atom is -0.444 e. The number of amides is 2. The molecular formula is C20H40IN5O3. The Kier molecular flexibility index (Phi) is 11.9. The van der Waals surface area contributed by atoms with Gasteiger partial charge in [0.25, 0.3) is 0 Å². The predicted octanol–water partition coefficient (Wildman–Crippen LogP) is 2.86. The highest BCUT2D eigenvalue weighted by molar-refractivity contribution is 14.0. The van der Waals surface area contributed by atoms with Crippen LogP contribution in [0.3, 0.4) is 0 Å². The van der Waals surface area contributed by atoms with Crippen LogP contribution < -0.4 is 16.0 Å². The number of hydrogen-bond acceptors (Lipinski definition) is 4. The summed E-state index contributed by atoms with van der Waals surface area (Å²) in [6, 6.07) is 0.164. The Hall–Kier alpha value is -1.26. The molecule has 1 aliphatic rings. The molecule has 1 unspecified atom stereocenters. The molecule has 1 aliphatic heterocycles. The maximum atomic E-state index is 12.3. The van der Waals surface area contributed by atoms with Gasteiger partial charge >= 0.3 is 6.09 Å². The molecule has 8 nitrogen and oxygen atoms in total. The van der Waals surface area contributed by atoms with Gasteiger partial charge in [-0.3, -0.25) is 9.79 Å². The van der Waals surface area contributed by atoms with Crippen LogP contribution >= 0.6 is 24.0 Å². The summed E-state index contributed by atoms with van der Waals surface area (Å²) in [6.07, 6.45) is 2.40. The van der Waals surface area contributed by atoms with Crippen molar-refractivity contribution in [3.8, 4) is 0 Å². The van der Waals surface area contributed by atoms with E-state index in [9.17, 15) is 9.59 Å². The van der Waals surface area contributed by atoms with Crippen molar-refractivity contribution in [2.24, 2.45) is 4.99 Å². The summed E-state index contributed by atoms with van der Waals surface area (Å²) in [6.45, 7) is 13.5. The summed E-state index contributed by atoms with van der Waals surface area (Å²) < 4.78 is 5.43. The number of nitrogens with zero attached hydrogens (tertiary/aromatic N) is 2. The van der Waals surface area contributed by atoms with Crippen molar-refractivity contribution in [1.29, 1.82) is 0 Å². The predicted molar refractivity (Wildman–Crippen MR) is 128 cm³/mol. The Morgan fingerprint density at radius 3 is 2.34 bits per heavy atom. The van der Waals surface area contributed by atoms with Gasteiger partial charge in [0.1, 0.15) is 5.60 Å². The van der Waals surface area contributed by atoms with Crippen LogP contribution in [0.15, 0.2) is 4.99 Å². The van der Waals surface area contributed by atoms with Crippen molar-refractivity contribution in [2.45, 2.75) is 84.4 Å². The topological polar surface area (TPSA) is 95.1 Å². The lowest BCUT2D eigenvalue weighted by Crippen LogP contribution is -2.54. The van der Waals surface area contributed by atoms with Gasteiger partial charge < -0.3 is 25.6 Å². The van der Waals surface area contributed by atoms with Gasteiger partial charge in [-0.2, -0.15) is 0 Å². The molecule has 0 bridgehead atoms. The van der Waals surface area contributed by atoms with E-state index in [2.05, 4.69) is 16.0 Å². The third kappa shape index (κ3) is 9.86. The van der Waals surface area contributed by atoms with E-state index in [0.717, 1.165) is 25.8 Å². The first kappa shape index (κ1) is 27.7. The molecule has 3 N–H and O–H groups in total. The van der Waals surface area contributed by atoms with E-state index in [4.69, 9.17) is 9.73 Å². The fourth-order valence-corrected chi connectivity index (χ4v) is 3.08. The third-order valence-electron chi connectivity index (χ3n) is 4.97. The Morgan fingerprint density at radius 2 is 1.86 bits per heavy atom. The zero-order valence-corrected chi connectivity index (χ0v) is 21.4. The SMILES string of the molecule is CCNC(=NCC(CC)(CC)NC(=O)OC(C)(C)C)NC1CCC(=O)N(C)C1.I. The third-order valence-corrected chi connectivity index (χ3v) is 4.97. The largest absolute Gasteiger partial charge is 0.444 e. The fraction of sp³-hybridized carbons (Fsp3) is 0.850. The van der Waals surface area contributed by atoms with E-state index >= 15 is 0 Å². The number of carbonyl (C=O) groups is 2. The van der Waals surface area contributed by atoms with Gasteiger partial charge in [-0.05, 0) is 47.0 Å². The number of likely N-dealkylation sites (N-methyl/N-ethyl adjacent to an activating group) is 1. The van der Waals surface area contributed by atoms with Crippen LogP contribution in [-0.2, 0) is 9.53 Å². The van der Waals surface area contributed by atoms with Gasteiger partial charge in [-0.15, -0.1) is 24.0 Å². The smallest absolute Gasteiger partial charge is 0.408 e. The van der Waals surface area contributed by atoms with Crippen LogP contribution in [0.25, 0.3) is 0 Å². The second-order valence-corrected chi connectivity index (χ2v) is 8.46. The number of hydrogen-bond donors (Lipinski definition) is 3. The summed E-state index contributed by atoms with van der Waals surface area (Å²) in [7, 11) is 1.82. The van der Waals surface area contributed by atoms with Crippen LogP contribution in [0, 0.1) is 0 Å². The molecule has 0 aromatic rings. The van der Waals surface area contributed by atoms with Crippen LogP contribution in [-0.4, -0.2) is 66.7 Å². The van der Waals surface area contributed by atoms with E-state index in [1.165, 1.54) is 0 Å². The summed E-state index contributed by atoms with van der Waals surface area (Å²) in [5, 5.41) is 9.70. The molecule has 0 spiro atoms. The lowest BCUT2D eigenvalue weighted by Gasteiger charge is -2.34. The number of aliphatic imine (C=N–C) groups is 1. The molecule has 2 amide bonds. The van der Waals surface area contributed by atoms with E-state index < -0.39 is 17.2 Å². The average Bonchev–Trinajstić information content (AvgIpc) is 2.60. The standard InChI is InChI=1S/C20H39N5O3.HI/c1-8-20(9-2,24-18(27)28-19(4,5)6)14-22-17(21-10-3)23-15-11-12-16(26)25(7)13-15;/h15H,8-14H2,1-7H3,(H,24,27)(H2,21,22,23);1H. The number of rotatable bonds is 7. The van der Waals surface area contributed by atoms with Gasteiger partial charge in [0.15, 0.2) is 5.96 Å². The van der Waals surface area contributed by atoms with E-state index in [1.807, 2.05) is 48.6 Å². The van der Waals surface area contributed by atoms with Crippen LogP contribution in [0.5, 0.6) is 0 Å². The van der Waals surface area contributed by atoms with Gasteiger partial charge in [0.2, 0.25) is 5.91 Å². The first-order chi connectivity index (χ1) is 13.0. The number of alkyl carbamates (subject to hydrolysis) is 1. The monoisotopic (exact) mass is 525 g/mol. The quantitative estimate of drug-likeness (QED) is 0.270. The molecule has 170 valence electrons. The first-order valence-corrected chi connectivity index (χ1v) is 10.3. The average molecular weight is 525 g/mol. The number of guanidine groups is 1. The highest BCUT2D eigenvalue weighted by atomic mass is 127. The molecule has 0 saturated carbocycles. The Labute approximate surface area is 193 Å². The zero-order valence-electron chi connectivity index (χ0n) is 19.1. The Morgan fingerprint density at radius 1 is 1.24 bits per heavy atom. The van der Waals surface area contributed by atoms with Crippen molar-refractivity contribution in [2.75, 3.05) is 26.7 Å². The molecule has 1 fully saturated rings. The number of piperidine rings is 1. The molecule has 1 heterocycles. The maximum absolute atomic E-state index is 12.3. The van der Waals surface area contributed by atoms with Crippen molar-refractivity contribution in [3.63, 3.8) is 0 Å². The molecule has 29 heavy (non-hydrogen) atoms. The van der Waals surface area contributed by atoms with Crippen molar-refractivity contribution >= 4 is 41.9 Å². The van der Waals surface area contributed by atoms with Crippen LogP contribution in [0.2, 0.25) is 0 Å². The number of nitrogens with one attached hydrogen (secondary N) is 3. The maximum Gasteiger partial charge on any atom is 0.408 e. The minimum atomic E-state index is -0.540. The number of halogens is 1. The molecule has 0 aromatic heterocycles. The minimum absolute atomic E-state index is 0. The van der Waals surface area contributed by atoms with Crippen LogP contribution in [0.1, 0.15) is 67.2 Å². The highest BCUT2D eigenvalue weighted by Gasteiger charge is 2.31. The molecular weight excluding hydrogens is 485 g/mol. The fourth-order valence-electron chi connectivity index (χ4n) is 3.08. The molecule has 1 saturated heterocycles. The molecule has 9 heteroatoms. The van der Waals surface area contributed by atoms with Crippen molar-refractivity contribution in [3.05, 3.63) is 0 Å². The number of carbonyl (C=O) groups excluding carboxylic acids is 2. The Bertz CT molecular complexity index is 559. The normalized spacial score (nSPS) is 18.0. The molecule has 0 radical (unpaired) electrons. The lowest BCUT2D eigenvalue weighted by molar-refractivity contribution is -0.132. The molecule has 1 rings (SSSR count). The second-order valence-electron chi connectivity index (χ2n) is 8.46. The second kappa shape index (κ2) is 12.4. The number of ether oxygens (including phenoxy) is 1. The van der Waals surface area contributed by atoms with Gasteiger partial charge in [-0.1, -0.05) is 13.8 Å². The lowest BCUT2D eigenvalue weighted by atomic mass is 9.93. The van der Waals surface area contributed by atoms with Gasteiger partial charge in [0, 0.05) is 32.6 Å². The van der Waals surface area contributed by atoms with E-state index in [-0.39, 0.29) is 35.9 Å². The molecule has 0 aromatic carbocycles.